The first-order chi connectivity index (χ1) is 12.3. The van der Waals surface area contributed by atoms with Gasteiger partial charge < -0.3 is 15.3 Å². The minimum atomic E-state index is -0.121. The van der Waals surface area contributed by atoms with Crippen LogP contribution in [0, 0.1) is 0 Å². The van der Waals surface area contributed by atoms with Gasteiger partial charge in [-0.2, -0.15) is 0 Å². The molecule has 1 saturated heterocycles. The van der Waals surface area contributed by atoms with Crippen LogP contribution in [0.15, 0.2) is 5.11 Å². The normalized spacial score (nSPS) is 15.6. The topological polar surface area (TPSA) is 105 Å². The zero-order chi connectivity index (χ0) is 19.8. The molecular weight excluding hydrogens is 332 g/mol. The molecule has 1 rings (SSSR count). The first kappa shape index (κ1) is 24.7. The van der Waals surface area contributed by atoms with Crippen LogP contribution in [-0.4, -0.2) is 79.3 Å². The van der Waals surface area contributed by atoms with Crippen LogP contribution in [0.1, 0.15) is 52.9 Å². The number of carbonyl (C=O) groups excluding carboxylic acids is 1. The average molecular weight is 371 g/mol. The van der Waals surface area contributed by atoms with Crippen molar-refractivity contribution >= 4 is 5.91 Å². The summed E-state index contributed by atoms with van der Waals surface area (Å²) in [5, 5.41) is 14.8. The highest BCUT2D eigenvalue weighted by atomic mass is 16.2. The van der Waals surface area contributed by atoms with Crippen molar-refractivity contribution in [1.82, 2.24) is 15.1 Å². The summed E-state index contributed by atoms with van der Waals surface area (Å²) in [6, 6.07) is 0. The number of nitrogens with zero attached hydrogens (tertiary/aromatic N) is 5. The first-order valence-electron chi connectivity index (χ1n) is 9.62. The summed E-state index contributed by atoms with van der Waals surface area (Å²) in [4.78, 5) is 18.8. The Morgan fingerprint density at radius 2 is 1.69 bits per heavy atom. The Kier molecular flexibility index (Phi) is 14.0. The predicted octanol–water partition coefficient (Wildman–Crippen LogP) is 2.39. The van der Waals surface area contributed by atoms with Crippen molar-refractivity contribution in [2.24, 2.45) is 5.11 Å². The Hall–Kier alpha value is -1.34. The Morgan fingerprint density at radius 3 is 2.23 bits per heavy atom. The molecule has 0 aliphatic carbocycles. The highest BCUT2D eigenvalue weighted by Gasteiger charge is 2.19. The molecule has 0 radical (unpaired) electrons. The summed E-state index contributed by atoms with van der Waals surface area (Å²) in [5.74, 6) is 0.132. The SMILES string of the molecule is CN1CCN(CC(=O)NC(C)(C)C)CC1.[N-]=[N+]=NCCCCCCCO. The van der Waals surface area contributed by atoms with Gasteiger partial charge in [0, 0.05) is 49.8 Å². The van der Waals surface area contributed by atoms with E-state index in [-0.39, 0.29) is 18.1 Å². The van der Waals surface area contributed by atoms with E-state index in [9.17, 15) is 4.79 Å². The van der Waals surface area contributed by atoms with E-state index < -0.39 is 0 Å². The molecule has 1 heterocycles. The molecule has 1 fully saturated rings. The quantitative estimate of drug-likeness (QED) is 0.281. The smallest absolute Gasteiger partial charge is 0.234 e. The molecule has 1 aliphatic heterocycles. The Bertz CT molecular complexity index is 410. The van der Waals surface area contributed by atoms with E-state index in [4.69, 9.17) is 10.6 Å². The van der Waals surface area contributed by atoms with Gasteiger partial charge >= 0.3 is 0 Å². The second kappa shape index (κ2) is 14.8. The molecule has 0 bridgehead atoms. The van der Waals surface area contributed by atoms with Gasteiger partial charge in [-0.25, -0.2) is 0 Å². The first-order valence-corrected chi connectivity index (χ1v) is 9.62. The van der Waals surface area contributed by atoms with E-state index in [0.29, 0.717) is 13.1 Å². The van der Waals surface area contributed by atoms with Crippen LogP contribution in [0.25, 0.3) is 10.4 Å². The summed E-state index contributed by atoms with van der Waals surface area (Å²) >= 11 is 0. The Balaban J connectivity index is 0.000000508. The average Bonchev–Trinajstić information content (AvgIpc) is 2.55. The van der Waals surface area contributed by atoms with Crippen LogP contribution in [-0.2, 0) is 4.79 Å². The second-order valence-electron chi connectivity index (χ2n) is 7.82. The molecule has 8 heteroatoms. The van der Waals surface area contributed by atoms with Gasteiger partial charge in [0.05, 0.1) is 6.54 Å². The van der Waals surface area contributed by atoms with Crippen LogP contribution in [0.3, 0.4) is 0 Å². The van der Waals surface area contributed by atoms with E-state index >= 15 is 0 Å². The molecule has 0 atom stereocenters. The zero-order valence-electron chi connectivity index (χ0n) is 17.1. The van der Waals surface area contributed by atoms with Crippen LogP contribution in [0.5, 0.6) is 0 Å². The number of likely N-dealkylation sites (N-methyl/N-ethyl adjacent to an activating group) is 1. The van der Waals surface area contributed by atoms with Crippen molar-refractivity contribution in [3.05, 3.63) is 10.4 Å². The van der Waals surface area contributed by atoms with Crippen molar-refractivity contribution in [2.75, 3.05) is 52.9 Å². The standard InChI is InChI=1S/C11H23N3O.C7H15N3O/c1-11(2,3)12-10(15)9-14-7-5-13(4)6-8-14;8-10-9-6-4-2-1-3-5-7-11/h5-9H2,1-4H3,(H,12,15);11H,1-7H2. The second-order valence-corrected chi connectivity index (χ2v) is 7.82. The van der Waals surface area contributed by atoms with Gasteiger partial charge in [0.25, 0.3) is 0 Å². The van der Waals surface area contributed by atoms with Gasteiger partial charge in [-0.15, -0.1) is 0 Å². The van der Waals surface area contributed by atoms with E-state index in [1.807, 2.05) is 20.8 Å². The fourth-order valence-electron chi connectivity index (χ4n) is 2.54. The highest BCUT2D eigenvalue weighted by molar-refractivity contribution is 5.78. The number of hydrogen-bond acceptors (Lipinski definition) is 5. The van der Waals surface area contributed by atoms with Crippen molar-refractivity contribution in [3.63, 3.8) is 0 Å². The highest BCUT2D eigenvalue weighted by Crippen LogP contribution is 2.02. The van der Waals surface area contributed by atoms with Gasteiger partial charge in [0.2, 0.25) is 5.91 Å². The molecule has 1 amide bonds. The van der Waals surface area contributed by atoms with Crippen LogP contribution in [0.4, 0.5) is 0 Å². The number of carbonyl (C=O) groups is 1. The van der Waals surface area contributed by atoms with Gasteiger partial charge in [-0.3, -0.25) is 9.69 Å². The summed E-state index contributed by atoms with van der Waals surface area (Å²) in [6.07, 6.45) is 5.16. The molecule has 0 saturated carbocycles. The largest absolute Gasteiger partial charge is 0.396 e. The van der Waals surface area contributed by atoms with Crippen molar-refractivity contribution in [1.29, 1.82) is 0 Å². The molecule has 8 nitrogen and oxygen atoms in total. The maximum absolute atomic E-state index is 11.6. The third kappa shape index (κ3) is 16.1. The zero-order valence-corrected chi connectivity index (χ0v) is 17.1. The van der Waals surface area contributed by atoms with Crippen LogP contribution >= 0.6 is 0 Å². The number of rotatable bonds is 9. The number of aliphatic hydroxyl groups is 1. The summed E-state index contributed by atoms with van der Waals surface area (Å²) in [5.41, 5.74) is 7.81. The molecule has 0 aromatic rings. The van der Waals surface area contributed by atoms with E-state index in [0.717, 1.165) is 58.3 Å². The summed E-state index contributed by atoms with van der Waals surface area (Å²) in [7, 11) is 2.12. The van der Waals surface area contributed by atoms with Gasteiger partial charge in [-0.05, 0) is 46.2 Å². The number of amides is 1. The molecule has 0 spiro atoms. The lowest BCUT2D eigenvalue weighted by atomic mass is 10.1. The molecule has 0 aromatic carbocycles. The van der Waals surface area contributed by atoms with Crippen molar-refractivity contribution in [2.45, 2.75) is 58.4 Å². The maximum Gasteiger partial charge on any atom is 0.234 e. The van der Waals surface area contributed by atoms with Crippen LogP contribution < -0.4 is 5.32 Å². The third-order valence-corrected chi connectivity index (χ3v) is 3.96. The molecule has 1 aliphatic rings. The number of unbranched alkanes of at least 4 members (excludes halogenated alkanes) is 4. The van der Waals surface area contributed by atoms with E-state index in [2.05, 4.69) is 32.2 Å². The molecule has 152 valence electrons. The van der Waals surface area contributed by atoms with Crippen molar-refractivity contribution in [3.8, 4) is 0 Å². The van der Waals surface area contributed by atoms with Gasteiger partial charge in [0.15, 0.2) is 0 Å². The minimum absolute atomic E-state index is 0.121. The van der Waals surface area contributed by atoms with Crippen LogP contribution in [0.2, 0.25) is 0 Å². The molecule has 26 heavy (non-hydrogen) atoms. The fraction of sp³-hybridized carbons (Fsp3) is 0.944. The van der Waals surface area contributed by atoms with E-state index in [1.165, 1.54) is 0 Å². The maximum atomic E-state index is 11.6. The number of piperazine rings is 1. The summed E-state index contributed by atoms with van der Waals surface area (Å²) < 4.78 is 0. The van der Waals surface area contributed by atoms with E-state index in [1.54, 1.807) is 0 Å². The predicted molar refractivity (Wildman–Crippen MR) is 106 cm³/mol. The number of hydrogen-bond donors (Lipinski definition) is 2. The minimum Gasteiger partial charge on any atom is -0.396 e. The van der Waals surface area contributed by atoms with Gasteiger partial charge in [0.1, 0.15) is 0 Å². The Labute approximate surface area is 158 Å². The van der Waals surface area contributed by atoms with Gasteiger partial charge in [-0.1, -0.05) is 24.4 Å². The monoisotopic (exact) mass is 370 g/mol. The van der Waals surface area contributed by atoms with Crippen molar-refractivity contribution < 1.29 is 9.90 Å². The molecule has 0 aromatic heterocycles. The molecule has 0 unspecified atom stereocenters. The molecular formula is C18H38N6O2. The number of aliphatic hydroxyl groups excluding tert-OH is 1. The lowest BCUT2D eigenvalue weighted by Crippen LogP contribution is -2.50. The lowest BCUT2D eigenvalue weighted by Gasteiger charge is -2.32. The molecule has 2 N–H and O–H groups in total. The number of nitrogens with one attached hydrogen (secondary N) is 1. The fourth-order valence-corrected chi connectivity index (χ4v) is 2.54. The number of azide groups is 1. The Morgan fingerprint density at radius 1 is 1.12 bits per heavy atom. The lowest BCUT2D eigenvalue weighted by molar-refractivity contribution is -0.124. The third-order valence-electron chi connectivity index (χ3n) is 3.96. The summed E-state index contributed by atoms with van der Waals surface area (Å²) in [6.45, 7) is 11.6.